The van der Waals surface area contributed by atoms with E-state index in [9.17, 15) is 5.11 Å². The third kappa shape index (κ3) is 3.58. The molecule has 1 aromatic heterocycles. The topological polar surface area (TPSA) is 45.8 Å². The Labute approximate surface area is 206 Å². The lowest BCUT2D eigenvalue weighted by molar-refractivity contribution is -0.173. The molecule has 1 saturated heterocycles. The number of rotatable bonds is 6. The summed E-state index contributed by atoms with van der Waals surface area (Å²) in [6.45, 7) is 9.58. The molecule has 1 N–H and O–H groups in total. The fraction of sp³-hybridized carbons (Fsp3) is 0.800. The second-order valence-electron chi connectivity index (χ2n) is 12.8. The summed E-state index contributed by atoms with van der Waals surface area (Å²) in [7, 11) is 0. The zero-order valence-electron chi connectivity index (χ0n) is 21.4. The van der Waals surface area contributed by atoms with Gasteiger partial charge in [0.15, 0.2) is 0 Å². The minimum Gasteiger partial charge on any atom is -0.472 e. The molecule has 3 saturated carbocycles. The molecule has 188 valence electrons. The van der Waals surface area contributed by atoms with Crippen LogP contribution in [0.5, 0.6) is 0 Å². The SMILES string of the molecule is C[C@]12CC[C@H](OCCCN3CCCC3)CC1=CC[C@@H]1[C@@H]2CC[C@]2(C)[C@@H](c3ccoc3)CC[C@]12O. The molecule has 0 amide bonds. The van der Waals surface area contributed by atoms with Crippen LogP contribution in [0.2, 0.25) is 0 Å². The van der Waals surface area contributed by atoms with Crippen LogP contribution in [0.4, 0.5) is 0 Å². The van der Waals surface area contributed by atoms with Crippen molar-refractivity contribution in [3.63, 3.8) is 0 Å². The molecular formula is C30H45NO3. The molecule has 4 fully saturated rings. The number of hydrogen-bond donors (Lipinski definition) is 1. The van der Waals surface area contributed by atoms with Gasteiger partial charge in [0.05, 0.1) is 24.2 Å². The first-order valence-corrected chi connectivity index (χ1v) is 14.2. The third-order valence-electron chi connectivity index (χ3n) is 11.4. The van der Waals surface area contributed by atoms with Gasteiger partial charge in [-0.1, -0.05) is 25.5 Å². The quantitative estimate of drug-likeness (QED) is 0.393. The van der Waals surface area contributed by atoms with Crippen LogP contribution in [0.25, 0.3) is 0 Å². The molecule has 1 aromatic rings. The fourth-order valence-corrected chi connectivity index (χ4v) is 9.29. The van der Waals surface area contributed by atoms with Crippen LogP contribution in [-0.4, -0.2) is 48.0 Å². The minimum atomic E-state index is -0.564. The molecule has 6 rings (SSSR count). The van der Waals surface area contributed by atoms with Crippen molar-refractivity contribution in [2.75, 3.05) is 26.2 Å². The molecule has 1 aliphatic heterocycles. The van der Waals surface area contributed by atoms with Crippen LogP contribution in [0, 0.1) is 22.7 Å². The molecule has 2 heterocycles. The van der Waals surface area contributed by atoms with Gasteiger partial charge in [-0.2, -0.15) is 0 Å². The van der Waals surface area contributed by atoms with Crippen LogP contribution in [0.15, 0.2) is 34.7 Å². The van der Waals surface area contributed by atoms with E-state index in [1.54, 1.807) is 11.8 Å². The lowest BCUT2D eigenvalue weighted by Crippen LogP contribution is -2.60. The maximum Gasteiger partial charge on any atom is 0.0937 e. The Balaban J connectivity index is 1.13. The summed E-state index contributed by atoms with van der Waals surface area (Å²) in [5.41, 5.74) is 2.56. The van der Waals surface area contributed by atoms with Crippen molar-refractivity contribution in [3.8, 4) is 0 Å². The van der Waals surface area contributed by atoms with Crippen molar-refractivity contribution >= 4 is 0 Å². The van der Waals surface area contributed by atoms with E-state index in [0.717, 1.165) is 38.7 Å². The Morgan fingerprint density at radius 1 is 1.09 bits per heavy atom. The minimum absolute atomic E-state index is 0.0462. The van der Waals surface area contributed by atoms with Crippen LogP contribution in [0.1, 0.15) is 96.0 Å². The van der Waals surface area contributed by atoms with E-state index in [2.05, 4.69) is 30.9 Å². The maximum atomic E-state index is 12.3. The summed E-state index contributed by atoms with van der Waals surface area (Å²) in [4.78, 5) is 2.59. The van der Waals surface area contributed by atoms with Gasteiger partial charge in [-0.05, 0) is 119 Å². The van der Waals surface area contributed by atoms with Crippen molar-refractivity contribution in [1.29, 1.82) is 0 Å². The highest BCUT2D eigenvalue weighted by atomic mass is 16.5. The lowest BCUT2D eigenvalue weighted by atomic mass is 9.45. The van der Waals surface area contributed by atoms with Crippen LogP contribution >= 0.6 is 0 Å². The molecular weight excluding hydrogens is 422 g/mol. The van der Waals surface area contributed by atoms with Gasteiger partial charge < -0.3 is 19.2 Å². The van der Waals surface area contributed by atoms with Crippen LogP contribution in [-0.2, 0) is 4.74 Å². The van der Waals surface area contributed by atoms with E-state index >= 15 is 0 Å². The first-order valence-electron chi connectivity index (χ1n) is 14.2. The van der Waals surface area contributed by atoms with Crippen molar-refractivity contribution in [2.24, 2.45) is 22.7 Å². The summed E-state index contributed by atoms with van der Waals surface area (Å²) in [6, 6.07) is 2.13. The van der Waals surface area contributed by atoms with Gasteiger partial charge in [-0.15, -0.1) is 0 Å². The first-order chi connectivity index (χ1) is 16.4. The summed E-state index contributed by atoms with van der Waals surface area (Å²) in [5, 5.41) is 12.3. The molecule has 0 radical (unpaired) electrons. The summed E-state index contributed by atoms with van der Waals surface area (Å²) in [6.07, 6.45) is 19.5. The van der Waals surface area contributed by atoms with E-state index in [1.807, 2.05) is 6.26 Å². The van der Waals surface area contributed by atoms with Crippen LogP contribution in [0.3, 0.4) is 0 Å². The zero-order valence-corrected chi connectivity index (χ0v) is 21.4. The Bertz CT molecular complexity index is 889. The lowest BCUT2D eigenvalue weighted by Gasteiger charge is -2.61. The second kappa shape index (κ2) is 8.78. The molecule has 4 aliphatic carbocycles. The molecule has 4 heteroatoms. The highest BCUT2D eigenvalue weighted by molar-refractivity contribution is 5.31. The molecule has 5 aliphatic rings. The van der Waals surface area contributed by atoms with E-state index < -0.39 is 5.60 Å². The van der Waals surface area contributed by atoms with E-state index in [0.29, 0.717) is 23.9 Å². The monoisotopic (exact) mass is 467 g/mol. The van der Waals surface area contributed by atoms with Crippen molar-refractivity contribution < 1.29 is 14.3 Å². The predicted octanol–water partition coefficient (Wildman–Crippen LogP) is 6.31. The zero-order chi connectivity index (χ0) is 23.4. The first kappa shape index (κ1) is 23.3. The summed E-state index contributed by atoms with van der Waals surface area (Å²) in [5.74, 6) is 1.40. The molecule has 0 spiro atoms. The highest BCUT2D eigenvalue weighted by Crippen LogP contribution is 2.69. The molecule has 4 nitrogen and oxygen atoms in total. The number of likely N-dealkylation sites (tertiary alicyclic amines) is 1. The number of fused-ring (bicyclic) bond motifs is 5. The van der Waals surface area contributed by atoms with Crippen LogP contribution < -0.4 is 0 Å². The van der Waals surface area contributed by atoms with Crippen molar-refractivity contribution in [3.05, 3.63) is 35.8 Å². The number of furan rings is 1. The molecule has 34 heavy (non-hydrogen) atoms. The van der Waals surface area contributed by atoms with Gasteiger partial charge in [-0.25, -0.2) is 0 Å². The van der Waals surface area contributed by atoms with Crippen molar-refractivity contribution in [2.45, 2.75) is 102 Å². The average Bonchev–Trinajstić information content (AvgIpc) is 3.58. The van der Waals surface area contributed by atoms with E-state index in [4.69, 9.17) is 9.15 Å². The normalized spacial score (nSPS) is 44.4. The van der Waals surface area contributed by atoms with Gasteiger partial charge in [-0.3, -0.25) is 0 Å². The number of allylic oxidation sites excluding steroid dienone is 1. The molecule has 0 aromatic carbocycles. The predicted molar refractivity (Wildman–Crippen MR) is 135 cm³/mol. The van der Waals surface area contributed by atoms with Gasteiger partial charge in [0.25, 0.3) is 0 Å². The molecule has 7 atom stereocenters. The Hall–Kier alpha value is -1.10. The van der Waals surface area contributed by atoms with Gasteiger partial charge >= 0.3 is 0 Å². The van der Waals surface area contributed by atoms with Gasteiger partial charge in [0.1, 0.15) is 0 Å². The smallest absolute Gasteiger partial charge is 0.0937 e. The standard InChI is InChI=1S/C30H45NO3/c1-28-12-8-24(34-18-5-17-31-15-3-4-16-31)20-23(28)6-7-27-26(28)9-13-29(2)25(10-14-30(27,29)32)22-11-19-33-21-22/h6,11,19,21,24-27,32H,3-5,7-10,12-18,20H2,1-2H3/t24-,25+,26-,27+,28-,29+,30-/m0/s1. The summed E-state index contributed by atoms with van der Waals surface area (Å²) < 4.78 is 11.9. The maximum absolute atomic E-state index is 12.3. The number of hydrogen-bond acceptors (Lipinski definition) is 4. The average molecular weight is 468 g/mol. The summed E-state index contributed by atoms with van der Waals surface area (Å²) >= 11 is 0. The second-order valence-corrected chi connectivity index (χ2v) is 12.8. The Morgan fingerprint density at radius 2 is 1.94 bits per heavy atom. The van der Waals surface area contributed by atoms with Crippen molar-refractivity contribution in [1.82, 2.24) is 4.90 Å². The van der Waals surface area contributed by atoms with E-state index in [1.165, 1.54) is 63.7 Å². The Morgan fingerprint density at radius 3 is 2.74 bits per heavy atom. The number of nitrogens with zero attached hydrogens (tertiary/aromatic N) is 1. The number of aliphatic hydroxyl groups is 1. The Kier molecular flexibility index (Phi) is 6.02. The van der Waals surface area contributed by atoms with E-state index in [-0.39, 0.29) is 10.8 Å². The fourth-order valence-electron chi connectivity index (χ4n) is 9.29. The highest BCUT2D eigenvalue weighted by Gasteiger charge is 2.66. The largest absolute Gasteiger partial charge is 0.472 e. The van der Waals surface area contributed by atoms with Gasteiger partial charge in [0.2, 0.25) is 0 Å². The molecule has 0 unspecified atom stereocenters. The number of ether oxygens (including phenoxy) is 1. The molecule has 0 bridgehead atoms. The third-order valence-corrected chi connectivity index (χ3v) is 11.4. The van der Waals surface area contributed by atoms with Gasteiger partial charge in [0, 0.05) is 18.6 Å².